The molecule has 1 atom stereocenters. The summed E-state index contributed by atoms with van der Waals surface area (Å²) >= 11 is 0. The van der Waals surface area contributed by atoms with Crippen molar-refractivity contribution >= 4 is 0 Å². The molecule has 0 aliphatic rings. The van der Waals surface area contributed by atoms with Crippen LogP contribution >= 0.6 is 0 Å². The molecule has 0 saturated carbocycles. The van der Waals surface area contributed by atoms with E-state index in [1.54, 1.807) is 6.20 Å². The quantitative estimate of drug-likeness (QED) is 0.745. The molecule has 0 spiro atoms. The van der Waals surface area contributed by atoms with E-state index in [0.717, 1.165) is 13.1 Å². The van der Waals surface area contributed by atoms with Gasteiger partial charge in [0.25, 0.3) is 0 Å². The molecule has 13 heavy (non-hydrogen) atoms. The third-order valence-corrected chi connectivity index (χ3v) is 1.77. The maximum absolute atomic E-state index is 5.69. The van der Waals surface area contributed by atoms with Gasteiger partial charge in [-0.1, -0.05) is 6.07 Å². The van der Waals surface area contributed by atoms with E-state index in [1.807, 2.05) is 19.2 Å². The Hall–Kier alpha value is -0.930. The number of pyridine rings is 1. The molecular formula is C10H17N3. The van der Waals surface area contributed by atoms with Crippen LogP contribution in [0.2, 0.25) is 0 Å². The van der Waals surface area contributed by atoms with Crippen LogP contribution < -0.4 is 5.73 Å². The molecule has 1 aromatic heterocycles. The largest absolute Gasteiger partial charge is 0.327 e. The summed E-state index contributed by atoms with van der Waals surface area (Å²) in [5.74, 6) is 0. The fraction of sp³-hybridized carbons (Fsp3) is 0.500. The molecule has 3 heteroatoms. The average molecular weight is 179 g/mol. The van der Waals surface area contributed by atoms with Crippen LogP contribution in [0.1, 0.15) is 12.5 Å². The molecule has 0 aliphatic heterocycles. The third-order valence-electron chi connectivity index (χ3n) is 1.77. The number of rotatable bonds is 4. The van der Waals surface area contributed by atoms with Crippen molar-refractivity contribution in [3.63, 3.8) is 0 Å². The van der Waals surface area contributed by atoms with Gasteiger partial charge < -0.3 is 10.6 Å². The molecule has 0 saturated heterocycles. The summed E-state index contributed by atoms with van der Waals surface area (Å²) < 4.78 is 0. The molecule has 72 valence electrons. The van der Waals surface area contributed by atoms with Gasteiger partial charge in [0.05, 0.1) is 0 Å². The van der Waals surface area contributed by atoms with Gasteiger partial charge in [-0.05, 0) is 25.6 Å². The standard InChI is InChI=1S/C10H17N3/c1-9(11)7-13(2)8-10-4-3-5-12-6-10/h3-6,9H,7-8,11H2,1-2H3/t9-/m0/s1. The van der Waals surface area contributed by atoms with Crippen molar-refractivity contribution in [3.05, 3.63) is 30.1 Å². The van der Waals surface area contributed by atoms with Crippen molar-refractivity contribution < 1.29 is 0 Å². The number of likely N-dealkylation sites (N-methyl/N-ethyl adjacent to an activating group) is 1. The van der Waals surface area contributed by atoms with Crippen LogP contribution in [0.25, 0.3) is 0 Å². The fourth-order valence-corrected chi connectivity index (χ4v) is 1.36. The Balaban J connectivity index is 2.41. The second-order valence-corrected chi connectivity index (χ2v) is 3.54. The lowest BCUT2D eigenvalue weighted by atomic mass is 10.2. The second kappa shape index (κ2) is 4.94. The molecule has 0 fully saturated rings. The maximum atomic E-state index is 5.69. The Morgan fingerprint density at radius 1 is 1.62 bits per heavy atom. The summed E-state index contributed by atoms with van der Waals surface area (Å²) in [7, 11) is 2.07. The molecule has 0 unspecified atom stereocenters. The lowest BCUT2D eigenvalue weighted by molar-refractivity contribution is 0.309. The van der Waals surface area contributed by atoms with E-state index >= 15 is 0 Å². The summed E-state index contributed by atoms with van der Waals surface area (Å²) in [6.07, 6.45) is 3.67. The van der Waals surface area contributed by atoms with Crippen LogP contribution in [0.3, 0.4) is 0 Å². The highest BCUT2D eigenvalue weighted by atomic mass is 15.1. The lowest BCUT2D eigenvalue weighted by Crippen LogP contribution is -2.32. The average Bonchev–Trinajstić information content (AvgIpc) is 2.04. The topological polar surface area (TPSA) is 42.1 Å². The number of hydrogen-bond acceptors (Lipinski definition) is 3. The summed E-state index contributed by atoms with van der Waals surface area (Å²) in [6, 6.07) is 4.25. The maximum Gasteiger partial charge on any atom is 0.0312 e. The number of nitrogens with zero attached hydrogens (tertiary/aromatic N) is 2. The van der Waals surface area contributed by atoms with Gasteiger partial charge in [-0.15, -0.1) is 0 Å². The summed E-state index contributed by atoms with van der Waals surface area (Å²) in [5, 5.41) is 0. The third kappa shape index (κ3) is 4.01. The first kappa shape index (κ1) is 10.2. The van der Waals surface area contributed by atoms with E-state index in [2.05, 4.69) is 23.0 Å². The van der Waals surface area contributed by atoms with E-state index in [0.29, 0.717) is 0 Å². The van der Waals surface area contributed by atoms with E-state index in [1.165, 1.54) is 5.56 Å². The zero-order valence-electron chi connectivity index (χ0n) is 8.27. The molecule has 0 aliphatic carbocycles. The summed E-state index contributed by atoms with van der Waals surface area (Å²) in [6.45, 7) is 3.84. The van der Waals surface area contributed by atoms with Gasteiger partial charge in [0.1, 0.15) is 0 Å². The van der Waals surface area contributed by atoms with E-state index in [4.69, 9.17) is 5.73 Å². The molecule has 1 heterocycles. The minimum absolute atomic E-state index is 0.224. The van der Waals surface area contributed by atoms with Crippen molar-refractivity contribution in [3.8, 4) is 0 Å². The van der Waals surface area contributed by atoms with Crippen molar-refractivity contribution in [2.24, 2.45) is 5.73 Å². The SMILES string of the molecule is C[C@H](N)CN(C)Cc1cccnc1. The minimum Gasteiger partial charge on any atom is -0.327 e. The normalized spacial score (nSPS) is 13.2. The van der Waals surface area contributed by atoms with E-state index < -0.39 is 0 Å². The Morgan fingerprint density at radius 3 is 2.92 bits per heavy atom. The molecule has 0 bridgehead atoms. The molecule has 2 N–H and O–H groups in total. The molecule has 0 radical (unpaired) electrons. The van der Waals surface area contributed by atoms with Crippen LogP contribution in [-0.4, -0.2) is 29.5 Å². The molecule has 1 rings (SSSR count). The molecule has 0 amide bonds. The monoisotopic (exact) mass is 179 g/mol. The Bertz CT molecular complexity index is 233. The first-order valence-corrected chi connectivity index (χ1v) is 4.51. The molecule has 1 aromatic rings. The highest BCUT2D eigenvalue weighted by molar-refractivity contribution is 5.07. The molecular weight excluding hydrogens is 162 g/mol. The minimum atomic E-state index is 0.224. The Labute approximate surface area is 79.6 Å². The summed E-state index contributed by atoms with van der Waals surface area (Å²) in [5.41, 5.74) is 6.92. The second-order valence-electron chi connectivity index (χ2n) is 3.54. The van der Waals surface area contributed by atoms with Crippen molar-refractivity contribution in [2.75, 3.05) is 13.6 Å². The number of nitrogens with two attached hydrogens (primary N) is 1. The zero-order chi connectivity index (χ0) is 9.68. The smallest absolute Gasteiger partial charge is 0.0312 e. The van der Waals surface area contributed by atoms with Gasteiger partial charge in [-0.25, -0.2) is 0 Å². The Morgan fingerprint density at radius 2 is 2.38 bits per heavy atom. The number of hydrogen-bond donors (Lipinski definition) is 1. The predicted molar refractivity (Wildman–Crippen MR) is 54.2 cm³/mol. The van der Waals surface area contributed by atoms with E-state index in [9.17, 15) is 0 Å². The highest BCUT2D eigenvalue weighted by Crippen LogP contribution is 2.00. The fourth-order valence-electron chi connectivity index (χ4n) is 1.36. The number of aromatic nitrogens is 1. The van der Waals surface area contributed by atoms with Crippen LogP contribution in [0.15, 0.2) is 24.5 Å². The molecule has 0 aromatic carbocycles. The lowest BCUT2D eigenvalue weighted by Gasteiger charge is -2.18. The van der Waals surface area contributed by atoms with Crippen LogP contribution in [0, 0.1) is 0 Å². The van der Waals surface area contributed by atoms with Gasteiger partial charge in [0.2, 0.25) is 0 Å². The van der Waals surface area contributed by atoms with Crippen LogP contribution in [-0.2, 0) is 6.54 Å². The Kier molecular flexibility index (Phi) is 3.86. The van der Waals surface area contributed by atoms with Gasteiger partial charge >= 0.3 is 0 Å². The molecule has 3 nitrogen and oxygen atoms in total. The van der Waals surface area contributed by atoms with Gasteiger partial charge in [-0.2, -0.15) is 0 Å². The van der Waals surface area contributed by atoms with E-state index in [-0.39, 0.29) is 6.04 Å². The van der Waals surface area contributed by atoms with Crippen LogP contribution in [0.5, 0.6) is 0 Å². The van der Waals surface area contributed by atoms with Gasteiger partial charge in [-0.3, -0.25) is 4.98 Å². The van der Waals surface area contributed by atoms with Crippen molar-refractivity contribution in [1.82, 2.24) is 9.88 Å². The highest BCUT2D eigenvalue weighted by Gasteiger charge is 2.02. The first-order valence-electron chi connectivity index (χ1n) is 4.51. The predicted octanol–water partition coefficient (Wildman–Crippen LogP) is 0.861. The van der Waals surface area contributed by atoms with Crippen LogP contribution in [0.4, 0.5) is 0 Å². The van der Waals surface area contributed by atoms with Gasteiger partial charge in [0.15, 0.2) is 0 Å². The van der Waals surface area contributed by atoms with Crippen molar-refractivity contribution in [1.29, 1.82) is 0 Å². The first-order chi connectivity index (χ1) is 6.18. The zero-order valence-corrected chi connectivity index (χ0v) is 8.27. The van der Waals surface area contributed by atoms with Gasteiger partial charge in [0, 0.05) is 31.5 Å². The van der Waals surface area contributed by atoms with Crippen molar-refractivity contribution in [2.45, 2.75) is 19.5 Å². The summed E-state index contributed by atoms with van der Waals surface area (Å²) in [4.78, 5) is 6.26.